The third-order valence-electron chi connectivity index (χ3n) is 3.90. The van der Waals surface area contributed by atoms with Gasteiger partial charge in [0, 0.05) is 5.92 Å². The first kappa shape index (κ1) is 17.8. The van der Waals surface area contributed by atoms with Crippen LogP contribution in [0.5, 0.6) is 0 Å². The highest BCUT2D eigenvalue weighted by Gasteiger charge is 2.41. The molecule has 0 amide bonds. The van der Waals surface area contributed by atoms with Gasteiger partial charge in [-0.3, -0.25) is 0 Å². The van der Waals surface area contributed by atoms with Gasteiger partial charge in [-0.2, -0.15) is 31.5 Å². The van der Waals surface area contributed by atoms with Crippen LogP contribution in [0.3, 0.4) is 0 Å². The average Bonchev–Trinajstić information content (AvgIpc) is 2.47. The number of nitrogens with one attached hydrogen (secondary N) is 1. The van der Waals surface area contributed by atoms with Crippen LogP contribution in [0.1, 0.15) is 37.7 Å². The Hall–Kier alpha value is -1.57. The molecule has 1 fully saturated rings. The van der Waals surface area contributed by atoms with E-state index >= 15 is 0 Å². The molecule has 1 saturated carbocycles. The molecule has 1 aromatic carbocycles. The van der Waals surface area contributed by atoms with Gasteiger partial charge >= 0.3 is 6.18 Å². The van der Waals surface area contributed by atoms with Crippen molar-refractivity contribution in [1.82, 2.24) is 4.83 Å². The van der Waals surface area contributed by atoms with Crippen molar-refractivity contribution in [1.29, 1.82) is 0 Å². The van der Waals surface area contributed by atoms with Gasteiger partial charge in [-0.25, -0.2) is 0 Å². The quantitative estimate of drug-likeness (QED) is 0.665. The SMILES string of the molecule is Cc1ccc(S(=O)(=O)NN=C(C2CCCCC2)C(F)(F)F)cc1. The molecule has 0 saturated heterocycles. The predicted octanol–water partition coefficient (Wildman–Crippen LogP) is 3.77. The third-order valence-corrected chi connectivity index (χ3v) is 5.12. The van der Waals surface area contributed by atoms with Crippen molar-refractivity contribution in [3.05, 3.63) is 29.8 Å². The average molecular weight is 348 g/mol. The third kappa shape index (κ3) is 4.70. The summed E-state index contributed by atoms with van der Waals surface area (Å²) in [7, 11) is -4.11. The van der Waals surface area contributed by atoms with Gasteiger partial charge in [-0.15, -0.1) is 0 Å². The molecule has 128 valence electrons. The van der Waals surface area contributed by atoms with Gasteiger partial charge < -0.3 is 0 Å². The van der Waals surface area contributed by atoms with E-state index in [-0.39, 0.29) is 4.90 Å². The van der Waals surface area contributed by atoms with Crippen molar-refractivity contribution in [3.63, 3.8) is 0 Å². The molecule has 0 radical (unpaired) electrons. The highest BCUT2D eigenvalue weighted by atomic mass is 32.2. The van der Waals surface area contributed by atoms with Crippen molar-refractivity contribution in [3.8, 4) is 0 Å². The minimum Gasteiger partial charge on any atom is -0.200 e. The lowest BCUT2D eigenvalue weighted by atomic mass is 9.85. The second kappa shape index (κ2) is 6.90. The number of sulfonamides is 1. The van der Waals surface area contributed by atoms with E-state index in [1.165, 1.54) is 12.1 Å². The fourth-order valence-corrected chi connectivity index (χ4v) is 3.46. The topological polar surface area (TPSA) is 58.5 Å². The Balaban J connectivity index is 2.23. The Kier molecular flexibility index (Phi) is 5.33. The molecule has 1 aromatic rings. The van der Waals surface area contributed by atoms with E-state index in [9.17, 15) is 21.6 Å². The summed E-state index contributed by atoms with van der Waals surface area (Å²) in [5, 5.41) is 3.24. The predicted molar refractivity (Wildman–Crippen MR) is 81.6 cm³/mol. The lowest BCUT2D eigenvalue weighted by molar-refractivity contribution is -0.0640. The van der Waals surface area contributed by atoms with Crippen LogP contribution in [-0.2, 0) is 10.0 Å². The number of benzene rings is 1. The fraction of sp³-hybridized carbons (Fsp3) is 0.533. The maximum atomic E-state index is 13.2. The molecule has 4 nitrogen and oxygen atoms in total. The summed E-state index contributed by atoms with van der Waals surface area (Å²) in [6, 6.07) is 5.82. The number of aryl methyl sites for hydroxylation is 1. The van der Waals surface area contributed by atoms with Gasteiger partial charge in [0.2, 0.25) is 0 Å². The van der Waals surface area contributed by atoms with Crippen LogP contribution < -0.4 is 4.83 Å². The Morgan fingerprint density at radius 1 is 1.13 bits per heavy atom. The molecule has 0 bridgehead atoms. The first-order valence-electron chi connectivity index (χ1n) is 7.43. The summed E-state index contributed by atoms with van der Waals surface area (Å²) in [5.74, 6) is -0.746. The van der Waals surface area contributed by atoms with Crippen LogP contribution in [0, 0.1) is 12.8 Å². The standard InChI is InChI=1S/C15H19F3N2O2S/c1-11-7-9-13(10-8-11)23(21,22)20-19-14(15(16,17)18)12-5-3-2-4-6-12/h7-10,12,20H,2-6H2,1H3. The van der Waals surface area contributed by atoms with Crippen molar-refractivity contribution >= 4 is 15.7 Å². The molecule has 2 rings (SSSR count). The molecule has 1 aliphatic rings. The zero-order valence-electron chi connectivity index (χ0n) is 12.7. The summed E-state index contributed by atoms with van der Waals surface area (Å²) < 4.78 is 63.7. The minimum absolute atomic E-state index is 0.114. The zero-order chi connectivity index (χ0) is 17.1. The first-order valence-corrected chi connectivity index (χ1v) is 8.92. The highest BCUT2D eigenvalue weighted by Crippen LogP contribution is 2.32. The molecule has 8 heteroatoms. The lowest BCUT2D eigenvalue weighted by Crippen LogP contribution is -2.35. The van der Waals surface area contributed by atoms with Crippen molar-refractivity contribution in [2.75, 3.05) is 0 Å². The van der Waals surface area contributed by atoms with Crippen LogP contribution in [0.25, 0.3) is 0 Å². The second-order valence-electron chi connectivity index (χ2n) is 5.74. The van der Waals surface area contributed by atoms with Crippen LogP contribution in [0.15, 0.2) is 34.3 Å². The number of nitrogens with zero attached hydrogens (tertiary/aromatic N) is 1. The molecule has 0 heterocycles. The summed E-state index contributed by atoms with van der Waals surface area (Å²) in [4.78, 5) is 1.63. The van der Waals surface area contributed by atoms with E-state index in [4.69, 9.17) is 0 Å². The molecule has 0 aliphatic heterocycles. The van der Waals surface area contributed by atoms with E-state index in [1.807, 2.05) is 0 Å². The smallest absolute Gasteiger partial charge is 0.200 e. The second-order valence-corrected chi connectivity index (χ2v) is 7.40. The Labute approximate surface area is 133 Å². The number of alkyl halides is 3. The van der Waals surface area contributed by atoms with E-state index in [1.54, 1.807) is 23.9 Å². The molecular weight excluding hydrogens is 329 g/mol. The van der Waals surface area contributed by atoms with E-state index in [0.717, 1.165) is 12.0 Å². The number of halogens is 3. The summed E-state index contributed by atoms with van der Waals surface area (Å²) >= 11 is 0. The lowest BCUT2D eigenvalue weighted by Gasteiger charge is -2.24. The summed E-state index contributed by atoms with van der Waals surface area (Å²) in [5.41, 5.74) is -0.182. The van der Waals surface area contributed by atoms with E-state index in [2.05, 4.69) is 5.10 Å². The molecule has 1 aliphatic carbocycles. The largest absolute Gasteiger partial charge is 0.431 e. The van der Waals surface area contributed by atoms with Crippen molar-refractivity contribution in [2.24, 2.45) is 11.0 Å². The Bertz CT molecular complexity index is 661. The number of hydrazone groups is 1. The number of rotatable bonds is 4. The highest BCUT2D eigenvalue weighted by molar-refractivity contribution is 7.89. The molecule has 0 spiro atoms. The summed E-state index contributed by atoms with van der Waals surface area (Å²) in [6.45, 7) is 1.78. The Morgan fingerprint density at radius 2 is 1.70 bits per heavy atom. The van der Waals surface area contributed by atoms with E-state index < -0.39 is 27.8 Å². The van der Waals surface area contributed by atoms with Gasteiger partial charge in [-0.1, -0.05) is 37.0 Å². The maximum absolute atomic E-state index is 13.2. The number of hydrogen-bond acceptors (Lipinski definition) is 3. The van der Waals surface area contributed by atoms with Crippen LogP contribution in [0.2, 0.25) is 0 Å². The van der Waals surface area contributed by atoms with Gasteiger partial charge in [0.05, 0.1) is 4.90 Å². The normalized spacial score (nSPS) is 18.0. The monoisotopic (exact) mass is 348 g/mol. The van der Waals surface area contributed by atoms with Crippen LogP contribution in [0.4, 0.5) is 13.2 Å². The molecule has 23 heavy (non-hydrogen) atoms. The molecular formula is C15H19F3N2O2S. The fourth-order valence-electron chi connectivity index (χ4n) is 2.64. The number of hydrogen-bond donors (Lipinski definition) is 1. The minimum atomic E-state index is -4.64. The van der Waals surface area contributed by atoms with Crippen molar-refractivity contribution in [2.45, 2.75) is 50.1 Å². The molecule has 0 atom stereocenters. The van der Waals surface area contributed by atoms with E-state index in [0.29, 0.717) is 25.7 Å². The zero-order valence-corrected chi connectivity index (χ0v) is 13.5. The van der Waals surface area contributed by atoms with Gasteiger partial charge in [0.15, 0.2) is 0 Å². The first-order chi connectivity index (χ1) is 10.7. The van der Waals surface area contributed by atoms with Gasteiger partial charge in [0.1, 0.15) is 5.71 Å². The molecule has 0 unspecified atom stereocenters. The molecule has 0 aromatic heterocycles. The van der Waals surface area contributed by atoms with Gasteiger partial charge in [0.25, 0.3) is 10.0 Å². The maximum Gasteiger partial charge on any atom is 0.431 e. The Morgan fingerprint density at radius 3 is 2.22 bits per heavy atom. The van der Waals surface area contributed by atoms with Gasteiger partial charge in [-0.05, 0) is 31.9 Å². The van der Waals surface area contributed by atoms with Crippen LogP contribution >= 0.6 is 0 Å². The van der Waals surface area contributed by atoms with Crippen LogP contribution in [-0.4, -0.2) is 20.3 Å². The molecule has 1 N–H and O–H groups in total. The van der Waals surface area contributed by atoms with Crippen molar-refractivity contribution < 1.29 is 21.6 Å². The summed E-state index contributed by atoms with van der Waals surface area (Å²) in [6.07, 6.45) is -1.58.